The van der Waals surface area contributed by atoms with Crippen LogP contribution >= 0.6 is 0 Å². The first-order chi connectivity index (χ1) is 8.39. The van der Waals surface area contributed by atoms with Gasteiger partial charge in [0.2, 0.25) is 0 Å². The predicted octanol–water partition coefficient (Wildman–Crippen LogP) is 0.666. The lowest BCUT2D eigenvalue weighted by Gasteiger charge is -2.25. The van der Waals surface area contributed by atoms with Crippen molar-refractivity contribution in [3.63, 3.8) is 0 Å². The first kappa shape index (κ1) is 13.0. The summed E-state index contributed by atoms with van der Waals surface area (Å²) >= 11 is 0. The van der Waals surface area contributed by atoms with E-state index < -0.39 is 22.9 Å². The van der Waals surface area contributed by atoms with Gasteiger partial charge in [-0.15, -0.1) is 0 Å². The molecule has 0 aromatic carbocycles. The molecule has 0 amide bonds. The van der Waals surface area contributed by atoms with Crippen LogP contribution in [0.4, 0.5) is 0 Å². The molecule has 2 N–H and O–H groups in total. The van der Waals surface area contributed by atoms with Crippen molar-refractivity contribution in [2.45, 2.75) is 32.0 Å². The maximum absolute atomic E-state index is 10.9. The molecule has 0 radical (unpaired) electrons. The predicted molar refractivity (Wildman–Crippen MR) is 60.2 cm³/mol. The Kier molecular flexibility index (Phi) is 3.41. The SMILES string of the molecule is CC(C=C(C(=O)O)C(=O)O)(CC1CO1)CC1CO1. The third kappa shape index (κ3) is 3.54. The smallest absolute Gasteiger partial charge is 0.342 e. The van der Waals surface area contributed by atoms with Crippen LogP contribution in [0.15, 0.2) is 11.6 Å². The topological polar surface area (TPSA) is 99.7 Å². The van der Waals surface area contributed by atoms with Crippen molar-refractivity contribution < 1.29 is 29.3 Å². The number of hydrogen-bond donors (Lipinski definition) is 2. The largest absolute Gasteiger partial charge is 0.477 e. The average molecular weight is 256 g/mol. The zero-order valence-corrected chi connectivity index (χ0v) is 10.1. The van der Waals surface area contributed by atoms with Gasteiger partial charge in [-0.25, -0.2) is 9.59 Å². The van der Waals surface area contributed by atoms with E-state index >= 15 is 0 Å². The van der Waals surface area contributed by atoms with Gasteiger partial charge in [-0.2, -0.15) is 0 Å². The number of allylic oxidation sites excluding steroid dienone is 1. The molecule has 2 saturated heterocycles. The molecular weight excluding hydrogens is 240 g/mol. The maximum Gasteiger partial charge on any atom is 0.342 e. The minimum atomic E-state index is -1.41. The Morgan fingerprint density at radius 2 is 1.56 bits per heavy atom. The van der Waals surface area contributed by atoms with E-state index in [9.17, 15) is 9.59 Å². The van der Waals surface area contributed by atoms with Crippen LogP contribution in [0.1, 0.15) is 19.8 Å². The summed E-state index contributed by atoms with van der Waals surface area (Å²) in [5.41, 5.74) is -1.10. The molecule has 18 heavy (non-hydrogen) atoms. The van der Waals surface area contributed by atoms with E-state index in [0.717, 1.165) is 0 Å². The number of carboxylic acids is 2. The summed E-state index contributed by atoms with van der Waals surface area (Å²) in [6.07, 6.45) is 2.79. The molecule has 0 saturated carbocycles. The minimum Gasteiger partial charge on any atom is -0.477 e. The minimum absolute atomic E-state index is 0.105. The molecule has 0 bridgehead atoms. The lowest BCUT2D eigenvalue weighted by atomic mass is 9.79. The summed E-state index contributed by atoms with van der Waals surface area (Å²) in [4.78, 5) is 21.8. The highest BCUT2D eigenvalue weighted by molar-refractivity contribution is 6.12. The second-order valence-corrected chi connectivity index (χ2v) is 5.14. The van der Waals surface area contributed by atoms with E-state index in [0.29, 0.717) is 26.1 Å². The first-order valence-corrected chi connectivity index (χ1v) is 5.82. The van der Waals surface area contributed by atoms with Crippen molar-refractivity contribution in [3.8, 4) is 0 Å². The standard InChI is InChI=1S/C12H16O6/c1-12(2-7-5-17-7,3-8-6-18-8)4-9(10(13)14)11(15)16/h4,7-8H,2-3,5-6H2,1H3,(H,13,14)(H,15,16). The van der Waals surface area contributed by atoms with Crippen LogP contribution < -0.4 is 0 Å². The highest BCUT2D eigenvalue weighted by Gasteiger charge is 2.39. The molecule has 2 heterocycles. The van der Waals surface area contributed by atoms with E-state index in [-0.39, 0.29) is 12.2 Å². The third-order valence-electron chi connectivity index (χ3n) is 3.15. The zero-order chi connectivity index (χ0) is 13.3. The highest BCUT2D eigenvalue weighted by atomic mass is 16.6. The second-order valence-electron chi connectivity index (χ2n) is 5.14. The van der Waals surface area contributed by atoms with Gasteiger partial charge in [0, 0.05) is 0 Å². The number of carbonyl (C=O) groups is 2. The molecule has 2 aliphatic heterocycles. The summed E-state index contributed by atoms with van der Waals surface area (Å²) in [5, 5.41) is 17.8. The van der Waals surface area contributed by atoms with Crippen molar-refractivity contribution >= 4 is 11.9 Å². The van der Waals surface area contributed by atoms with Gasteiger partial charge in [0.15, 0.2) is 0 Å². The Morgan fingerprint density at radius 1 is 1.17 bits per heavy atom. The Labute approximate surface area is 104 Å². The van der Waals surface area contributed by atoms with Crippen molar-refractivity contribution in [3.05, 3.63) is 11.6 Å². The van der Waals surface area contributed by atoms with Crippen molar-refractivity contribution in [1.82, 2.24) is 0 Å². The number of hydrogen-bond acceptors (Lipinski definition) is 4. The third-order valence-corrected chi connectivity index (χ3v) is 3.15. The Bertz CT molecular complexity index is 361. The van der Waals surface area contributed by atoms with Crippen LogP contribution in [-0.4, -0.2) is 47.6 Å². The van der Waals surface area contributed by atoms with Gasteiger partial charge in [-0.3, -0.25) is 0 Å². The molecule has 2 fully saturated rings. The summed E-state index contributed by atoms with van der Waals surface area (Å²) in [7, 11) is 0. The molecule has 0 aromatic heterocycles. The van der Waals surface area contributed by atoms with Gasteiger partial charge in [0.1, 0.15) is 5.57 Å². The van der Waals surface area contributed by atoms with E-state index in [2.05, 4.69) is 0 Å². The molecule has 0 aromatic rings. The summed E-state index contributed by atoms with van der Waals surface area (Å²) < 4.78 is 10.3. The van der Waals surface area contributed by atoms with E-state index in [1.165, 1.54) is 6.08 Å². The molecule has 6 nitrogen and oxygen atoms in total. The van der Waals surface area contributed by atoms with Gasteiger partial charge in [-0.05, 0) is 18.3 Å². The van der Waals surface area contributed by atoms with Crippen molar-refractivity contribution in [1.29, 1.82) is 0 Å². The summed E-state index contributed by atoms with van der Waals surface area (Å²) in [6.45, 7) is 3.16. The monoisotopic (exact) mass is 256 g/mol. The fourth-order valence-corrected chi connectivity index (χ4v) is 2.18. The lowest BCUT2D eigenvalue weighted by molar-refractivity contribution is -0.140. The molecule has 0 spiro atoms. The summed E-state index contributed by atoms with van der Waals surface area (Å²) in [5.74, 6) is -2.83. The van der Waals surface area contributed by atoms with E-state index in [4.69, 9.17) is 19.7 Å². The second kappa shape index (κ2) is 4.70. The highest BCUT2D eigenvalue weighted by Crippen LogP contribution is 2.39. The molecule has 100 valence electrons. The van der Waals surface area contributed by atoms with Gasteiger partial charge in [-0.1, -0.05) is 13.0 Å². The van der Waals surface area contributed by atoms with Crippen LogP contribution in [0.5, 0.6) is 0 Å². The molecule has 0 aliphatic carbocycles. The van der Waals surface area contributed by atoms with Gasteiger partial charge in [0.05, 0.1) is 25.4 Å². The molecular formula is C12H16O6. The number of ether oxygens (including phenoxy) is 2. The van der Waals surface area contributed by atoms with Crippen molar-refractivity contribution in [2.24, 2.45) is 5.41 Å². The molecule has 2 atom stereocenters. The average Bonchev–Trinajstić information content (AvgIpc) is 3.11. The first-order valence-electron chi connectivity index (χ1n) is 5.82. The number of epoxide rings is 2. The van der Waals surface area contributed by atoms with Gasteiger partial charge >= 0.3 is 11.9 Å². The quantitative estimate of drug-likeness (QED) is 0.300. The molecule has 2 aliphatic rings. The van der Waals surface area contributed by atoms with Crippen LogP contribution in [0.25, 0.3) is 0 Å². The number of aliphatic carboxylic acids is 2. The van der Waals surface area contributed by atoms with Gasteiger partial charge < -0.3 is 19.7 Å². The van der Waals surface area contributed by atoms with Gasteiger partial charge in [0.25, 0.3) is 0 Å². The Hall–Kier alpha value is -1.40. The fourth-order valence-electron chi connectivity index (χ4n) is 2.18. The molecule has 2 rings (SSSR count). The Balaban J connectivity index is 2.16. The zero-order valence-electron chi connectivity index (χ0n) is 10.1. The van der Waals surface area contributed by atoms with Crippen LogP contribution in [-0.2, 0) is 19.1 Å². The van der Waals surface area contributed by atoms with Crippen molar-refractivity contribution in [2.75, 3.05) is 13.2 Å². The molecule has 6 heteroatoms. The van der Waals surface area contributed by atoms with E-state index in [1.807, 2.05) is 6.92 Å². The van der Waals surface area contributed by atoms with Crippen LogP contribution in [0, 0.1) is 5.41 Å². The lowest BCUT2D eigenvalue weighted by Crippen LogP contribution is -2.23. The maximum atomic E-state index is 10.9. The summed E-state index contributed by atoms with van der Waals surface area (Å²) in [6, 6.07) is 0. The number of carboxylic acid groups (broad SMARTS) is 2. The van der Waals surface area contributed by atoms with Crippen LogP contribution in [0.2, 0.25) is 0 Å². The normalized spacial score (nSPS) is 28.1. The number of rotatable bonds is 7. The fraction of sp³-hybridized carbons (Fsp3) is 0.667. The van der Waals surface area contributed by atoms with E-state index in [1.54, 1.807) is 0 Å². The Morgan fingerprint density at radius 3 is 1.83 bits per heavy atom. The molecule has 2 unspecified atom stereocenters. The van der Waals surface area contributed by atoms with Crippen LogP contribution in [0.3, 0.4) is 0 Å².